The molecule has 0 bridgehead atoms. The molecule has 2 N–H and O–H groups in total. The van der Waals surface area contributed by atoms with Gasteiger partial charge >= 0.3 is 5.97 Å². The third kappa shape index (κ3) is 3.33. The van der Waals surface area contributed by atoms with Crippen LogP contribution in [0.1, 0.15) is 10.5 Å². The minimum atomic E-state index is -1.12. The van der Waals surface area contributed by atoms with Gasteiger partial charge in [-0.3, -0.25) is 0 Å². The lowest BCUT2D eigenvalue weighted by Gasteiger charge is -2.06. The Morgan fingerprint density at radius 1 is 1.09 bits per heavy atom. The van der Waals surface area contributed by atoms with E-state index < -0.39 is 5.97 Å². The molecule has 8 nitrogen and oxygen atoms in total. The SMILES string of the molecule is N#CC(C#N)=C(C#N)Nc1ccc(-n2ccc(C(=O)O)n2)cc1. The van der Waals surface area contributed by atoms with Gasteiger partial charge in [-0.25, -0.2) is 9.48 Å². The van der Waals surface area contributed by atoms with E-state index in [1.54, 1.807) is 42.5 Å². The molecule has 0 saturated carbocycles. The second-order valence-electron chi connectivity index (χ2n) is 4.21. The maximum Gasteiger partial charge on any atom is 0.356 e. The zero-order chi connectivity index (χ0) is 16.8. The maximum absolute atomic E-state index is 10.8. The van der Waals surface area contributed by atoms with Crippen molar-refractivity contribution in [1.29, 1.82) is 15.8 Å². The molecule has 0 unspecified atom stereocenters. The van der Waals surface area contributed by atoms with Crippen molar-refractivity contribution < 1.29 is 9.90 Å². The number of carboxylic acids is 1. The van der Waals surface area contributed by atoms with Gasteiger partial charge in [-0.1, -0.05) is 0 Å². The van der Waals surface area contributed by atoms with Crippen molar-refractivity contribution in [1.82, 2.24) is 9.78 Å². The van der Waals surface area contributed by atoms with Crippen LogP contribution >= 0.6 is 0 Å². The van der Waals surface area contributed by atoms with Gasteiger partial charge in [0.1, 0.15) is 23.9 Å². The van der Waals surface area contributed by atoms with Crippen LogP contribution in [0, 0.1) is 34.0 Å². The molecule has 0 amide bonds. The van der Waals surface area contributed by atoms with E-state index in [4.69, 9.17) is 20.9 Å². The number of carboxylic acid groups (broad SMARTS) is 1. The van der Waals surface area contributed by atoms with Crippen LogP contribution in [-0.2, 0) is 0 Å². The van der Waals surface area contributed by atoms with Gasteiger partial charge in [0, 0.05) is 11.9 Å². The summed E-state index contributed by atoms with van der Waals surface area (Å²) in [5.41, 5.74) is 0.588. The Labute approximate surface area is 130 Å². The van der Waals surface area contributed by atoms with E-state index in [-0.39, 0.29) is 17.0 Å². The van der Waals surface area contributed by atoms with Crippen LogP contribution in [0.4, 0.5) is 5.69 Å². The smallest absolute Gasteiger partial charge is 0.356 e. The number of nitriles is 3. The van der Waals surface area contributed by atoms with Gasteiger partial charge in [0.25, 0.3) is 0 Å². The van der Waals surface area contributed by atoms with Crippen molar-refractivity contribution in [2.45, 2.75) is 0 Å². The van der Waals surface area contributed by atoms with Gasteiger partial charge < -0.3 is 10.4 Å². The lowest BCUT2D eigenvalue weighted by molar-refractivity contribution is 0.0690. The van der Waals surface area contributed by atoms with Crippen molar-refractivity contribution in [3.05, 3.63) is 53.5 Å². The van der Waals surface area contributed by atoms with Gasteiger partial charge in [0.2, 0.25) is 0 Å². The van der Waals surface area contributed by atoms with E-state index in [0.717, 1.165) is 0 Å². The Morgan fingerprint density at radius 2 is 1.74 bits per heavy atom. The van der Waals surface area contributed by atoms with E-state index in [1.807, 2.05) is 0 Å². The zero-order valence-electron chi connectivity index (χ0n) is 11.6. The minimum Gasteiger partial charge on any atom is -0.476 e. The van der Waals surface area contributed by atoms with E-state index >= 15 is 0 Å². The van der Waals surface area contributed by atoms with Gasteiger partial charge in [0.05, 0.1) is 5.69 Å². The van der Waals surface area contributed by atoms with E-state index in [1.165, 1.54) is 16.9 Å². The Bertz CT molecular complexity index is 887. The molecule has 0 radical (unpaired) electrons. The standard InChI is InChI=1S/C15H8N6O2/c16-7-10(8-17)14(9-18)19-11-1-3-12(4-2-11)21-6-5-13(20-21)15(22)23/h1-6,19H,(H,22,23). The number of anilines is 1. The van der Waals surface area contributed by atoms with E-state index in [0.29, 0.717) is 11.4 Å². The number of aromatic nitrogens is 2. The summed E-state index contributed by atoms with van der Waals surface area (Å²) in [5, 5.41) is 41.9. The van der Waals surface area contributed by atoms with Crippen LogP contribution in [0.3, 0.4) is 0 Å². The summed E-state index contributed by atoms with van der Waals surface area (Å²) in [5.74, 6) is -1.12. The van der Waals surface area contributed by atoms with Gasteiger partial charge in [-0.15, -0.1) is 0 Å². The first kappa shape index (κ1) is 15.3. The number of carbonyl (C=O) groups is 1. The van der Waals surface area contributed by atoms with Crippen LogP contribution in [-0.4, -0.2) is 20.9 Å². The summed E-state index contributed by atoms with van der Waals surface area (Å²) >= 11 is 0. The summed E-state index contributed by atoms with van der Waals surface area (Å²) in [6.07, 6.45) is 1.51. The molecule has 1 aromatic heterocycles. The van der Waals surface area contributed by atoms with Crippen LogP contribution in [0.15, 0.2) is 47.8 Å². The Balaban J connectivity index is 2.25. The van der Waals surface area contributed by atoms with Crippen LogP contribution in [0.2, 0.25) is 0 Å². The summed E-state index contributed by atoms with van der Waals surface area (Å²) < 4.78 is 1.39. The zero-order valence-corrected chi connectivity index (χ0v) is 11.6. The Morgan fingerprint density at radius 3 is 2.22 bits per heavy atom. The second kappa shape index (κ2) is 6.57. The number of allylic oxidation sites excluding steroid dienone is 2. The highest BCUT2D eigenvalue weighted by Crippen LogP contribution is 2.16. The first-order valence-electron chi connectivity index (χ1n) is 6.20. The molecule has 0 aliphatic rings. The monoisotopic (exact) mass is 304 g/mol. The molecule has 0 aliphatic carbocycles. The number of nitrogens with zero attached hydrogens (tertiary/aromatic N) is 5. The minimum absolute atomic E-state index is 0.0745. The molecule has 0 atom stereocenters. The topological polar surface area (TPSA) is 139 Å². The fourth-order valence-electron chi connectivity index (χ4n) is 1.71. The molecule has 8 heteroatoms. The molecule has 2 aromatic rings. The van der Waals surface area contributed by atoms with Crippen molar-refractivity contribution in [2.24, 2.45) is 0 Å². The number of rotatable bonds is 4. The summed E-state index contributed by atoms with van der Waals surface area (Å²) in [6, 6.07) is 12.9. The number of benzene rings is 1. The number of aromatic carboxylic acids is 1. The summed E-state index contributed by atoms with van der Waals surface area (Å²) in [6.45, 7) is 0. The Hall–Kier alpha value is -4.09. The highest BCUT2D eigenvalue weighted by atomic mass is 16.4. The van der Waals surface area contributed by atoms with Crippen molar-refractivity contribution in [3.8, 4) is 23.9 Å². The van der Waals surface area contributed by atoms with E-state index in [9.17, 15) is 4.79 Å². The first-order valence-corrected chi connectivity index (χ1v) is 6.20. The van der Waals surface area contributed by atoms with Gasteiger partial charge in [0.15, 0.2) is 11.3 Å². The predicted octanol–water partition coefficient (Wildman–Crippen LogP) is 1.81. The summed E-state index contributed by atoms with van der Waals surface area (Å²) in [4.78, 5) is 10.8. The molecule has 0 saturated heterocycles. The average Bonchev–Trinajstić information content (AvgIpc) is 3.06. The van der Waals surface area contributed by atoms with Crippen molar-refractivity contribution >= 4 is 11.7 Å². The fraction of sp³-hybridized carbons (Fsp3) is 0. The Kier molecular flexibility index (Phi) is 4.37. The molecule has 0 spiro atoms. The molecule has 23 heavy (non-hydrogen) atoms. The molecular weight excluding hydrogens is 296 g/mol. The third-order valence-electron chi connectivity index (χ3n) is 2.79. The first-order chi connectivity index (χ1) is 11.1. The maximum atomic E-state index is 10.8. The van der Waals surface area contributed by atoms with Crippen LogP contribution < -0.4 is 5.32 Å². The molecular formula is C15H8N6O2. The number of nitrogens with one attached hydrogen (secondary N) is 1. The largest absolute Gasteiger partial charge is 0.476 e. The normalized spacial score (nSPS) is 9.09. The molecule has 2 rings (SSSR count). The molecule has 0 fully saturated rings. The molecule has 110 valence electrons. The number of hydrogen-bond donors (Lipinski definition) is 2. The highest BCUT2D eigenvalue weighted by molar-refractivity contribution is 5.85. The third-order valence-corrected chi connectivity index (χ3v) is 2.79. The number of hydrogen-bond acceptors (Lipinski definition) is 6. The van der Waals surface area contributed by atoms with E-state index in [2.05, 4.69) is 10.4 Å². The average molecular weight is 304 g/mol. The summed E-state index contributed by atoms with van der Waals surface area (Å²) in [7, 11) is 0. The quantitative estimate of drug-likeness (QED) is 0.821. The van der Waals surface area contributed by atoms with Crippen LogP contribution in [0.25, 0.3) is 5.69 Å². The second-order valence-corrected chi connectivity index (χ2v) is 4.21. The molecule has 1 aromatic carbocycles. The van der Waals surface area contributed by atoms with Gasteiger partial charge in [-0.05, 0) is 30.3 Å². The van der Waals surface area contributed by atoms with Crippen molar-refractivity contribution in [2.75, 3.05) is 5.32 Å². The predicted molar refractivity (Wildman–Crippen MR) is 78.0 cm³/mol. The van der Waals surface area contributed by atoms with Crippen LogP contribution in [0.5, 0.6) is 0 Å². The van der Waals surface area contributed by atoms with Crippen molar-refractivity contribution in [3.63, 3.8) is 0 Å². The van der Waals surface area contributed by atoms with Gasteiger partial charge in [-0.2, -0.15) is 20.9 Å². The molecule has 0 aliphatic heterocycles. The highest BCUT2D eigenvalue weighted by Gasteiger charge is 2.09. The lowest BCUT2D eigenvalue weighted by atomic mass is 10.2. The molecule has 1 heterocycles. The fourth-order valence-corrected chi connectivity index (χ4v) is 1.71. The lowest BCUT2D eigenvalue weighted by Crippen LogP contribution is -2.02.